The number of nitrogens with zero attached hydrogens (tertiary/aromatic N) is 5. The Balaban J connectivity index is 1.67. The zero-order valence-electron chi connectivity index (χ0n) is 16.7. The van der Waals surface area contributed by atoms with Gasteiger partial charge in [-0.25, -0.2) is 22.8 Å². The van der Waals surface area contributed by atoms with Gasteiger partial charge < -0.3 is 29.3 Å². The van der Waals surface area contributed by atoms with E-state index in [1.165, 1.54) is 11.1 Å². The zero-order valence-corrected chi connectivity index (χ0v) is 18.3. The van der Waals surface area contributed by atoms with E-state index in [1.807, 2.05) is 6.07 Å². The third-order valence-electron chi connectivity index (χ3n) is 5.35. The van der Waals surface area contributed by atoms with Crippen LogP contribution in [0.25, 0.3) is 11.0 Å². The number of ether oxygens (including phenoxy) is 2. The van der Waals surface area contributed by atoms with Crippen LogP contribution in [0.5, 0.6) is 0 Å². The van der Waals surface area contributed by atoms with E-state index in [9.17, 15) is 28.1 Å². The molecule has 4 rings (SSSR count). The Labute approximate surface area is 189 Å². The van der Waals surface area contributed by atoms with Crippen LogP contribution in [-0.2, 0) is 14.0 Å². The van der Waals surface area contributed by atoms with Crippen molar-refractivity contribution >= 4 is 35.9 Å². The first kappa shape index (κ1) is 24.2. The molecule has 4 atom stereocenters. The fourth-order valence-electron chi connectivity index (χ4n) is 3.88. The summed E-state index contributed by atoms with van der Waals surface area (Å²) in [6, 6.07) is 1.85. The lowest BCUT2D eigenvalue weighted by molar-refractivity contribution is -0.0619. The predicted octanol–water partition coefficient (Wildman–Crippen LogP) is 1.55. The zero-order chi connectivity index (χ0) is 24.1. The number of aliphatic hydroxyl groups excluding tert-OH is 1. The molecule has 2 aromatic heterocycles. The Morgan fingerprint density at radius 3 is 2.79 bits per heavy atom. The lowest BCUT2D eigenvalue weighted by Gasteiger charge is -2.21. The molecule has 0 radical (unpaired) electrons. The molecule has 0 aromatic carbocycles. The molecule has 180 valence electrons. The molecule has 3 N–H and O–H groups in total. The summed E-state index contributed by atoms with van der Waals surface area (Å²) in [5.74, 6) is -2.96. The summed E-state index contributed by atoms with van der Waals surface area (Å²) in [5, 5.41) is 23.6. The molecule has 0 saturated carbocycles. The number of alkyl halides is 3. The van der Waals surface area contributed by atoms with E-state index in [-0.39, 0.29) is 34.0 Å². The van der Waals surface area contributed by atoms with Crippen molar-refractivity contribution in [1.82, 2.24) is 14.8 Å². The van der Waals surface area contributed by atoms with Gasteiger partial charge >= 0.3 is 7.60 Å². The van der Waals surface area contributed by atoms with E-state index in [0.29, 0.717) is 0 Å². The maximum absolute atomic E-state index is 14.9. The summed E-state index contributed by atoms with van der Waals surface area (Å²) in [7, 11) is -4.47. The topological polar surface area (TPSA) is 154 Å². The van der Waals surface area contributed by atoms with Crippen LogP contribution in [0.15, 0.2) is 6.20 Å². The SMILES string of the molecule is N#Cc1c(Cl)nc2c(cnn2[C@@H]2O[C@H](COCP(=O)(O)O)[C@@H](O)[C@@H]2F)c1N1CCC(F)(F)C1. The van der Waals surface area contributed by atoms with Crippen molar-refractivity contribution in [1.29, 1.82) is 5.26 Å². The number of anilines is 1. The molecule has 2 aromatic rings. The standard InChI is InChI=1S/C17H18ClF3N5O6P/c18-14-8(3-22)12(25-2-1-17(20,21)6-25)9-4-23-26(15(9)24-14)16-11(19)13(27)10(32-16)5-31-7-33(28,29)30/h4,10-11,13,16,27H,1-2,5-7H2,(H2,28,29,30)/t10-,11+,13-,16-/m1/s1. The number of hydrogen-bond acceptors (Lipinski definition) is 8. The Morgan fingerprint density at radius 1 is 1.45 bits per heavy atom. The van der Waals surface area contributed by atoms with Gasteiger partial charge in [-0.05, 0) is 0 Å². The second kappa shape index (κ2) is 8.66. The van der Waals surface area contributed by atoms with Gasteiger partial charge in [0.05, 0.1) is 30.4 Å². The van der Waals surface area contributed by atoms with E-state index in [4.69, 9.17) is 30.9 Å². The van der Waals surface area contributed by atoms with Crippen molar-refractivity contribution in [3.05, 3.63) is 16.9 Å². The quantitative estimate of drug-likeness (QED) is 0.384. The van der Waals surface area contributed by atoms with Crippen LogP contribution in [0.3, 0.4) is 0 Å². The van der Waals surface area contributed by atoms with Crippen LogP contribution in [0, 0.1) is 11.3 Å². The molecule has 16 heteroatoms. The monoisotopic (exact) mass is 511 g/mol. The first-order valence-electron chi connectivity index (χ1n) is 9.61. The lowest BCUT2D eigenvalue weighted by atomic mass is 10.1. The van der Waals surface area contributed by atoms with Gasteiger partial charge in [-0.1, -0.05) is 11.6 Å². The van der Waals surface area contributed by atoms with E-state index in [0.717, 1.165) is 4.68 Å². The van der Waals surface area contributed by atoms with Gasteiger partial charge in [-0.15, -0.1) is 0 Å². The minimum Gasteiger partial charge on any atom is -0.387 e. The highest BCUT2D eigenvalue weighted by atomic mass is 35.5. The number of fused-ring (bicyclic) bond motifs is 1. The predicted molar refractivity (Wildman–Crippen MR) is 107 cm³/mol. The van der Waals surface area contributed by atoms with Crippen molar-refractivity contribution in [3.63, 3.8) is 0 Å². The van der Waals surface area contributed by atoms with E-state index in [1.54, 1.807) is 0 Å². The average molecular weight is 512 g/mol. The normalized spacial score (nSPS) is 27.4. The molecule has 0 amide bonds. The molecule has 2 saturated heterocycles. The summed E-state index contributed by atoms with van der Waals surface area (Å²) in [5.41, 5.74) is -0.0958. The van der Waals surface area contributed by atoms with Crippen molar-refractivity contribution in [3.8, 4) is 6.07 Å². The van der Waals surface area contributed by atoms with Crippen LogP contribution >= 0.6 is 19.2 Å². The molecule has 4 heterocycles. The van der Waals surface area contributed by atoms with Crippen LogP contribution in [-0.4, -0.2) is 80.0 Å². The summed E-state index contributed by atoms with van der Waals surface area (Å²) >= 11 is 6.13. The average Bonchev–Trinajstić information content (AvgIpc) is 3.37. The molecular weight excluding hydrogens is 494 g/mol. The molecule has 0 unspecified atom stereocenters. The van der Waals surface area contributed by atoms with Gasteiger partial charge in [-0.3, -0.25) is 4.57 Å². The van der Waals surface area contributed by atoms with Crippen LogP contribution in [0.2, 0.25) is 5.15 Å². The molecule has 33 heavy (non-hydrogen) atoms. The van der Waals surface area contributed by atoms with Crippen LogP contribution in [0.1, 0.15) is 18.2 Å². The van der Waals surface area contributed by atoms with E-state index >= 15 is 0 Å². The van der Waals surface area contributed by atoms with Crippen molar-refractivity contribution in [2.75, 3.05) is 30.9 Å². The van der Waals surface area contributed by atoms with Crippen LogP contribution < -0.4 is 4.90 Å². The number of hydrogen-bond donors (Lipinski definition) is 3. The first-order valence-corrected chi connectivity index (χ1v) is 11.8. The molecule has 2 fully saturated rings. The highest BCUT2D eigenvalue weighted by molar-refractivity contribution is 7.51. The Kier molecular flexibility index (Phi) is 6.34. The van der Waals surface area contributed by atoms with Gasteiger partial charge in [0.25, 0.3) is 5.92 Å². The summed E-state index contributed by atoms with van der Waals surface area (Å²) in [6.07, 6.45) is -6.69. The highest BCUT2D eigenvalue weighted by Gasteiger charge is 2.47. The lowest BCUT2D eigenvalue weighted by Crippen LogP contribution is -2.31. The maximum Gasteiger partial charge on any atom is 0.350 e. The number of halogens is 4. The maximum atomic E-state index is 14.9. The third-order valence-corrected chi connectivity index (χ3v) is 6.14. The Bertz CT molecular complexity index is 1160. The van der Waals surface area contributed by atoms with E-state index < -0.39 is 64.0 Å². The van der Waals surface area contributed by atoms with E-state index in [2.05, 4.69) is 10.1 Å². The molecule has 0 bridgehead atoms. The number of pyridine rings is 1. The minimum absolute atomic E-state index is 0.0499. The second-order valence-electron chi connectivity index (χ2n) is 7.76. The van der Waals surface area contributed by atoms with Gasteiger partial charge in [0.15, 0.2) is 23.2 Å². The molecule has 0 spiro atoms. The molecular formula is C17H18ClF3N5O6P. The molecule has 11 nitrogen and oxygen atoms in total. The summed E-state index contributed by atoms with van der Waals surface area (Å²) < 4.78 is 64.7. The molecule has 2 aliphatic rings. The summed E-state index contributed by atoms with van der Waals surface area (Å²) in [6.45, 7) is -1.21. The van der Waals surface area contributed by atoms with Gasteiger partial charge in [0.2, 0.25) is 0 Å². The van der Waals surface area contributed by atoms with Crippen molar-refractivity contribution in [2.24, 2.45) is 0 Å². The van der Waals surface area contributed by atoms with Crippen molar-refractivity contribution < 1.29 is 42.1 Å². The second-order valence-corrected chi connectivity index (χ2v) is 9.70. The van der Waals surface area contributed by atoms with Gasteiger partial charge in [0.1, 0.15) is 30.2 Å². The fourth-order valence-corrected chi connectivity index (χ4v) is 4.44. The molecule has 0 aliphatic carbocycles. The van der Waals surface area contributed by atoms with Crippen molar-refractivity contribution in [2.45, 2.75) is 37.0 Å². The smallest absolute Gasteiger partial charge is 0.350 e. The molecule has 2 aliphatic heterocycles. The van der Waals surface area contributed by atoms with Gasteiger partial charge in [0, 0.05) is 13.0 Å². The highest BCUT2D eigenvalue weighted by Crippen LogP contribution is 2.41. The largest absolute Gasteiger partial charge is 0.387 e. The fraction of sp³-hybridized carbons (Fsp3) is 0.588. The minimum atomic E-state index is -4.47. The van der Waals surface area contributed by atoms with Crippen LogP contribution in [0.4, 0.5) is 18.9 Å². The number of aliphatic hydroxyl groups is 1. The number of nitriles is 1. The number of rotatable bonds is 6. The third kappa shape index (κ3) is 4.67. The number of aromatic nitrogens is 3. The Hall–Kier alpha value is -1.98. The first-order chi connectivity index (χ1) is 15.4. The summed E-state index contributed by atoms with van der Waals surface area (Å²) in [4.78, 5) is 23.0. The van der Waals surface area contributed by atoms with Gasteiger partial charge in [-0.2, -0.15) is 10.4 Å². The Morgan fingerprint density at radius 2 is 2.18 bits per heavy atom.